The first-order chi connectivity index (χ1) is 11.1. The minimum Gasteiger partial charge on any atom is -0.454 e. The van der Waals surface area contributed by atoms with Gasteiger partial charge >= 0.3 is 5.97 Å². The highest BCUT2D eigenvalue weighted by molar-refractivity contribution is 5.97. The number of nitrogens with one attached hydrogen (secondary N) is 1. The van der Waals surface area contributed by atoms with Gasteiger partial charge in [0.05, 0.1) is 0 Å². The summed E-state index contributed by atoms with van der Waals surface area (Å²) in [6, 6.07) is 12.7. The number of esters is 1. The Hall–Kier alpha value is -3.15. The van der Waals surface area contributed by atoms with E-state index in [0.717, 1.165) is 5.56 Å². The number of Topliss-reactive ketones (excluding diaryl/α,β-unsaturated/α-hetero) is 1. The molecule has 116 valence electrons. The van der Waals surface area contributed by atoms with Gasteiger partial charge < -0.3 is 14.2 Å². The van der Waals surface area contributed by atoms with E-state index in [1.807, 2.05) is 30.3 Å². The van der Waals surface area contributed by atoms with Crippen molar-refractivity contribution in [2.45, 2.75) is 13.5 Å². The molecule has 0 amide bonds. The number of aromatic nitrogens is 2. The monoisotopic (exact) mass is 310 g/mol. The van der Waals surface area contributed by atoms with Crippen LogP contribution in [0.4, 0.5) is 0 Å². The lowest BCUT2D eigenvalue weighted by Crippen LogP contribution is -2.05. The zero-order valence-electron chi connectivity index (χ0n) is 12.4. The van der Waals surface area contributed by atoms with Crippen molar-refractivity contribution >= 4 is 11.8 Å². The van der Waals surface area contributed by atoms with Gasteiger partial charge in [-0.05, 0) is 13.0 Å². The van der Waals surface area contributed by atoms with Gasteiger partial charge in [0, 0.05) is 23.4 Å². The number of nitrogens with zero attached hydrogens (tertiary/aromatic N) is 1. The molecule has 1 aromatic carbocycles. The third-order valence-electron chi connectivity index (χ3n) is 3.28. The van der Waals surface area contributed by atoms with Gasteiger partial charge in [0.1, 0.15) is 18.0 Å². The van der Waals surface area contributed by atoms with Gasteiger partial charge in [-0.1, -0.05) is 35.5 Å². The summed E-state index contributed by atoms with van der Waals surface area (Å²) in [6.45, 7) is 1.42. The fraction of sp³-hybridized carbons (Fsp3) is 0.118. The van der Waals surface area contributed by atoms with Crippen molar-refractivity contribution < 1.29 is 18.8 Å². The standard InChI is InChI=1S/C17H14N2O4/c1-11(20)13-7-15(18-9-13)17(21)22-10-14-8-16(23-19-14)12-5-3-2-4-6-12/h2-9,18H,10H2,1H3. The Kier molecular flexibility index (Phi) is 4.05. The van der Waals surface area contributed by atoms with Gasteiger partial charge in [0.15, 0.2) is 11.5 Å². The second-order valence-corrected chi connectivity index (χ2v) is 4.98. The molecule has 0 atom stereocenters. The Bertz CT molecular complexity index is 833. The predicted octanol–water partition coefficient (Wildman–Crippen LogP) is 3.23. The van der Waals surface area contributed by atoms with E-state index in [1.54, 1.807) is 6.07 Å². The summed E-state index contributed by atoms with van der Waals surface area (Å²) >= 11 is 0. The van der Waals surface area contributed by atoms with E-state index in [-0.39, 0.29) is 18.1 Å². The van der Waals surface area contributed by atoms with E-state index in [9.17, 15) is 9.59 Å². The minimum absolute atomic E-state index is 0.0103. The average molecular weight is 310 g/mol. The Labute approximate surface area is 132 Å². The third kappa shape index (κ3) is 3.37. The van der Waals surface area contributed by atoms with Crippen molar-refractivity contribution in [3.05, 3.63) is 65.6 Å². The maximum atomic E-state index is 11.9. The van der Waals surface area contributed by atoms with Gasteiger partial charge in [-0.15, -0.1) is 0 Å². The summed E-state index contributed by atoms with van der Waals surface area (Å²) in [5.74, 6) is -0.0681. The summed E-state index contributed by atoms with van der Waals surface area (Å²) in [7, 11) is 0. The third-order valence-corrected chi connectivity index (χ3v) is 3.28. The number of carbonyl (C=O) groups is 2. The summed E-state index contributed by atoms with van der Waals surface area (Å²) in [5, 5.41) is 3.88. The van der Waals surface area contributed by atoms with Crippen LogP contribution < -0.4 is 0 Å². The molecule has 0 fully saturated rings. The van der Waals surface area contributed by atoms with E-state index in [2.05, 4.69) is 10.1 Å². The smallest absolute Gasteiger partial charge is 0.355 e. The molecule has 0 aliphatic carbocycles. The Morgan fingerprint density at radius 3 is 2.70 bits per heavy atom. The first-order valence-corrected chi connectivity index (χ1v) is 7.01. The Balaban J connectivity index is 1.63. The molecular weight excluding hydrogens is 296 g/mol. The molecule has 0 unspecified atom stereocenters. The largest absolute Gasteiger partial charge is 0.454 e. The maximum Gasteiger partial charge on any atom is 0.355 e. The molecule has 23 heavy (non-hydrogen) atoms. The lowest BCUT2D eigenvalue weighted by atomic mass is 10.2. The first kappa shape index (κ1) is 14.8. The number of carbonyl (C=O) groups excluding carboxylic acids is 2. The van der Waals surface area contributed by atoms with Crippen LogP contribution in [0.3, 0.4) is 0 Å². The number of aromatic amines is 1. The van der Waals surface area contributed by atoms with Crippen molar-refractivity contribution in [2.75, 3.05) is 0 Å². The van der Waals surface area contributed by atoms with Crippen LogP contribution in [0.5, 0.6) is 0 Å². The van der Waals surface area contributed by atoms with Crippen LogP contribution in [0.1, 0.15) is 33.5 Å². The topological polar surface area (TPSA) is 85.2 Å². The number of hydrogen-bond acceptors (Lipinski definition) is 5. The summed E-state index contributed by atoms with van der Waals surface area (Å²) < 4.78 is 10.4. The van der Waals surface area contributed by atoms with Gasteiger partial charge in [-0.3, -0.25) is 4.79 Å². The fourth-order valence-electron chi connectivity index (χ4n) is 2.05. The normalized spacial score (nSPS) is 10.5. The van der Waals surface area contributed by atoms with Gasteiger partial charge in [0.25, 0.3) is 0 Å². The molecule has 0 saturated carbocycles. The summed E-state index contributed by atoms with van der Waals surface area (Å²) in [5.41, 5.74) is 2.07. The van der Waals surface area contributed by atoms with E-state index in [1.165, 1.54) is 19.2 Å². The Morgan fingerprint density at radius 1 is 1.22 bits per heavy atom. The summed E-state index contributed by atoms with van der Waals surface area (Å²) in [6.07, 6.45) is 1.47. The van der Waals surface area contributed by atoms with E-state index < -0.39 is 5.97 Å². The molecule has 6 heteroatoms. The van der Waals surface area contributed by atoms with E-state index in [4.69, 9.17) is 9.26 Å². The van der Waals surface area contributed by atoms with Gasteiger partial charge in [-0.25, -0.2) is 4.79 Å². The number of hydrogen-bond donors (Lipinski definition) is 1. The van der Waals surface area contributed by atoms with Crippen molar-refractivity contribution in [3.8, 4) is 11.3 Å². The predicted molar refractivity (Wildman–Crippen MR) is 81.9 cm³/mol. The zero-order valence-corrected chi connectivity index (χ0v) is 12.4. The number of H-pyrrole nitrogens is 1. The van der Waals surface area contributed by atoms with Crippen molar-refractivity contribution in [3.63, 3.8) is 0 Å². The second-order valence-electron chi connectivity index (χ2n) is 4.98. The van der Waals surface area contributed by atoms with Crippen LogP contribution in [0.15, 0.2) is 53.2 Å². The molecule has 6 nitrogen and oxygen atoms in total. The van der Waals surface area contributed by atoms with E-state index >= 15 is 0 Å². The maximum absolute atomic E-state index is 11.9. The molecule has 1 N–H and O–H groups in total. The van der Waals surface area contributed by atoms with Crippen molar-refractivity contribution in [2.24, 2.45) is 0 Å². The fourth-order valence-corrected chi connectivity index (χ4v) is 2.05. The average Bonchev–Trinajstić information content (AvgIpc) is 3.23. The molecule has 0 spiro atoms. The van der Waals surface area contributed by atoms with Crippen LogP contribution in [-0.4, -0.2) is 21.9 Å². The van der Waals surface area contributed by atoms with Gasteiger partial charge in [-0.2, -0.15) is 0 Å². The highest BCUT2D eigenvalue weighted by atomic mass is 16.5. The van der Waals surface area contributed by atoms with Crippen LogP contribution in [0, 0.1) is 0 Å². The number of benzene rings is 1. The SMILES string of the molecule is CC(=O)c1c[nH]c(C(=O)OCc2cc(-c3ccccc3)on2)c1. The molecule has 0 radical (unpaired) electrons. The first-order valence-electron chi connectivity index (χ1n) is 7.01. The van der Waals surface area contributed by atoms with Crippen LogP contribution in [0.2, 0.25) is 0 Å². The molecule has 0 bridgehead atoms. The highest BCUT2D eigenvalue weighted by Gasteiger charge is 2.14. The Morgan fingerprint density at radius 2 is 2.00 bits per heavy atom. The second kappa shape index (κ2) is 6.31. The molecule has 0 aliphatic heterocycles. The highest BCUT2D eigenvalue weighted by Crippen LogP contribution is 2.20. The van der Waals surface area contributed by atoms with Gasteiger partial charge in [0.2, 0.25) is 0 Å². The molecule has 2 heterocycles. The van der Waals surface area contributed by atoms with Crippen molar-refractivity contribution in [1.29, 1.82) is 0 Å². The number of ether oxygens (including phenoxy) is 1. The molecule has 3 rings (SSSR count). The van der Waals surface area contributed by atoms with E-state index in [0.29, 0.717) is 17.0 Å². The van der Waals surface area contributed by atoms with Crippen LogP contribution >= 0.6 is 0 Å². The number of ketones is 1. The van der Waals surface area contributed by atoms with Crippen LogP contribution in [-0.2, 0) is 11.3 Å². The quantitative estimate of drug-likeness (QED) is 0.577. The molecule has 3 aromatic rings. The minimum atomic E-state index is -0.554. The molecular formula is C17H14N2O4. The molecule has 0 aliphatic rings. The lowest BCUT2D eigenvalue weighted by molar-refractivity contribution is 0.0458. The lowest BCUT2D eigenvalue weighted by Gasteiger charge is -1.99. The van der Waals surface area contributed by atoms with Crippen LogP contribution in [0.25, 0.3) is 11.3 Å². The van der Waals surface area contributed by atoms with Crippen molar-refractivity contribution in [1.82, 2.24) is 10.1 Å². The molecule has 0 saturated heterocycles. The zero-order chi connectivity index (χ0) is 16.2. The molecule has 2 aromatic heterocycles. The summed E-state index contributed by atoms with van der Waals surface area (Å²) in [4.78, 5) is 25.8. The number of rotatable bonds is 5.